The van der Waals surface area contributed by atoms with Crippen molar-refractivity contribution in [1.29, 1.82) is 0 Å². The molecule has 4 rings (SSSR count). The Balaban J connectivity index is 1.42. The van der Waals surface area contributed by atoms with Gasteiger partial charge in [0.25, 0.3) is 0 Å². The average Bonchev–Trinajstić information content (AvgIpc) is 2.66. The van der Waals surface area contributed by atoms with Crippen LogP contribution in [0.5, 0.6) is 5.75 Å². The highest BCUT2D eigenvalue weighted by Gasteiger charge is 2.30. The maximum absolute atomic E-state index is 13.8. The average molecular weight is 363 g/mol. The van der Waals surface area contributed by atoms with Crippen LogP contribution >= 0.6 is 12.2 Å². The Bertz CT molecular complexity index is 698. The number of ether oxygens (including phenoxy) is 1. The molecule has 2 saturated heterocycles. The molecular weight excluding hydrogens is 341 g/mol. The molecule has 2 fully saturated rings. The number of thiocarbonyl (C=S) groups is 1. The number of piperidine rings is 1. The minimum atomic E-state index is -0.409. The molecule has 3 aliphatic rings. The summed E-state index contributed by atoms with van der Waals surface area (Å²) in [5.41, 5.74) is 4.12. The molecule has 134 valence electrons. The first-order chi connectivity index (χ1) is 12.2. The van der Waals surface area contributed by atoms with Crippen molar-refractivity contribution >= 4 is 23.0 Å². The number of aromatic nitrogens is 1. The van der Waals surface area contributed by atoms with Crippen molar-refractivity contribution in [3.63, 3.8) is 0 Å². The van der Waals surface area contributed by atoms with Gasteiger partial charge in [-0.3, -0.25) is 15.3 Å². The number of pyridine rings is 1. The SMILES string of the molecule is Fc1ccnc2c1OCC/C2=N/NC(=S)N1CCN2CCCCC2C1. The fraction of sp³-hybridized carbons (Fsp3) is 0.588. The summed E-state index contributed by atoms with van der Waals surface area (Å²) in [7, 11) is 0. The zero-order valence-corrected chi connectivity index (χ0v) is 14.9. The molecule has 1 unspecified atom stereocenters. The van der Waals surface area contributed by atoms with Crippen molar-refractivity contribution in [2.45, 2.75) is 31.7 Å². The van der Waals surface area contributed by atoms with Gasteiger partial charge in [-0.25, -0.2) is 4.39 Å². The second-order valence-corrected chi connectivity index (χ2v) is 7.06. The van der Waals surface area contributed by atoms with Crippen LogP contribution < -0.4 is 10.2 Å². The zero-order valence-electron chi connectivity index (χ0n) is 14.1. The molecule has 1 N–H and O–H groups in total. The van der Waals surface area contributed by atoms with Crippen LogP contribution in [-0.2, 0) is 0 Å². The van der Waals surface area contributed by atoms with E-state index in [-0.39, 0.29) is 5.75 Å². The third-order valence-electron chi connectivity index (χ3n) is 5.13. The van der Waals surface area contributed by atoms with E-state index >= 15 is 0 Å². The highest BCUT2D eigenvalue weighted by atomic mass is 32.1. The van der Waals surface area contributed by atoms with E-state index in [1.54, 1.807) is 0 Å². The van der Waals surface area contributed by atoms with E-state index in [2.05, 4.69) is 25.3 Å². The lowest BCUT2D eigenvalue weighted by Gasteiger charge is -2.44. The Morgan fingerprint density at radius 1 is 1.36 bits per heavy atom. The first-order valence-electron chi connectivity index (χ1n) is 8.85. The molecule has 0 amide bonds. The Morgan fingerprint density at radius 2 is 2.28 bits per heavy atom. The van der Waals surface area contributed by atoms with Gasteiger partial charge in [0.1, 0.15) is 5.69 Å². The number of hydrazone groups is 1. The third kappa shape index (κ3) is 3.46. The number of hydrogen-bond donors (Lipinski definition) is 1. The smallest absolute Gasteiger partial charge is 0.189 e. The maximum Gasteiger partial charge on any atom is 0.189 e. The van der Waals surface area contributed by atoms with E-state index in [0.717, 1.165) is 19.6 Å². The molecule has 1 atom stereocenters. The molecule has 4 heterocycles. The van der Waals surface area contributed by atoms with Gasteiger partial charge in [-0.05, 0) is 37.7 Å². The summed E-state index contributed by atoms with van der Waals surface area (Å²) in [4.78, 5) is 8.96. The predicted octanol–water partition coefficient (Wildman–Crippen LogP) is 1.75. The lowest BCUT2D eigenvalue weighted by atomic mass is 10.00. The van der Waals surface area contributed by atoms with Crippen LogP contribution in [0.2, 0.25) is 0 Å². The minimum Gasteiger partial charge on any atom is -0.488 e. The van der Waals surface area contributed by atoms with Crippen LogP contribution in [0, 0.1) is 5.82 Å². The fourth-order valence-corrected chi connectivity index (χ4v) is 3.98. The van der Waals surface area contributed by atoms with Gasteiger partial charge in [-0.2, -0.15) is 5.10 Å². The summed E-state index contributed by atoms with van der Waals surface area (Å²) >= 11 is 5.52. The largest absolute Gasteiger partial charge is 0.488 e. The molecule has 3 aliphatic heterocycles. The van der Waals surface area contributed by atoms with Gasteiger partial charge in [-0.15, -0.1) is 0 Å². The van der Waals surface area contributed by atoms with Gasteiger partial charge in [0.2, 0.25) is 0 Å². The second kappa shape index (κ2) is 7.21. The van der Waals surface area contributed by atoms with E-state index in [1.165, 1.54) is 38.1 Å². The quantitative estimate of drug-likeness (QED) is 0.606. The molecule has 0 bridgehead atoms. The van der Waals surface area contributed by atoms with Crippen molar-refractivity contribution in [2.75, 3.05) is 32.8 Å². The summed E-state index contributed by atoms with van der Waals surface area (Å²) in [5.74, 6) is -0.232. The number of halogens is 1. The van der Waals surface area contributed by atoms with Crippen LogP contribution in [0.3, 0.4) is 0 Å². The monoisotopic (exact) mass is 363 g/mol. The van der Waals surface area contributed by atoms with Crippen molar-refractivity contribution in [2.24, 2.45) is 5.10 Å². The lowest BCUT2D eigenvalue weighted by Crippen LogP contribution is -2.57. The van der Waals surface area contributed by atoms with Crippen molar-refractivity contribution in [1.82, 2.24) is 20.2 Å². The first kappa shape index (κ1) is 16.7. The molecule has 0 spiro atoms. The first-order valence-corrected chi connectivity index (χ1v) is 9.26. The Hall–Kier alpha value is -1.80. The Morgan fingerprint density at radius 3 is 3.20 bits per heavy atom. The number of rotatable bonds is 1. The fourth-order valence-electron chi connectivity index (χ4n) is 3.77. The van der Waals surface area contributed by atoms with Gasteiger partial charge in [0.05, 0.1) is 12.3 Å². The third-order valence-corrected chi connectivity index (χ3v) is 5.48. The van der Waals surface area contributed by atoms with Crippen molar-refractivity contribution in [3.8, 4) is 5.75 Å². The summed E-state index contributed by atoms with van der Waals surface area (Å²) in [6.07, 6.45) is 5.85. The molecule has 25 heavy (non-hydrogen) atoms. The van der Waals surface area contributed by atoms with Gasteiger partial charge < -0.3 is 9.64 Å². The van der Waals surface area contributed by atoms with Crippen molar-refractivity contribution < 1.29 is 9.13 Å². The number of nitrogens with one attached hydrogen (secondary N) is 1. The molecule has 6 nitrogen and oxygen atoms in total. The summed E-state index contributed by atoms with van der Waals surface area (Å²) in [5, 5.41) is 5.03. The molecule has 1 aromatic rings. The zero-order chi connectivity index (χ0) is 17.2. The standard InChI is InChI=1S/C17H22FN5OS/c18-13-4-6-19-15-14(5-10-24-16(13)15)20-21-17(25)23-9-8-22-7-2-1-3-12(22)11-23/h4,6,12H,1-3,5,7-11H2,(H,21,25)/b20-14-. The maximum atomic E-state index is 13.8. The normalized spacial score (nSPS) is 25.1. The summed E-state index contributed by atoms with van der Waals surface area (Å²) < 4.78 is 19.2. The van der Waals surface area contributed by atoms with E-state index in [9.17, 15) is 4.39 Å². The van der Waals surface area contributed by atoms with Crippen LogP contribution in [-0.4, -0.2) is 64.4 Å². The summed E-state index contributed by atoms with van der Waals surface area (Å²) in [6.45, 7) is 4.51. The van der Waals surface area contributed by atoms with Gasteiger partial charge >= 0.3 is 0 Å². The van der Waals surface area contributed by atoms with Crippen LogP contribution in [0.25, 0.3) is 0 Å². The van der Waals surface area contributed by atoms with Gasteiger partial charge in [0, 0.05) is 38.3 Å². The number of fused-ring (bicyclic) bond motifs is 2. The highest BCUT2D eigenvalue weighted by Crippen LogP contribution is 2.26. The van der Waals surface area contributed by atoms with Crippen molar-refractivity contribution in [3.05, 3.63) is 23.8 Å². The van der Waals surface area contributed by atoms with E-state index in [0.29, 0.717) is 35.6 Å². The number of piperazine rings is 1. The van der Waals surface area contributed by atoms with Crippen LogP contribution in [0.1, 0.15) is 31.4 Å². The molecule has 0 saturated carbocycles. The van der Waals surface area contributed by atoms with Gasteiger partial charge in [-0.1, -0.05) is 6.42 Å². The molecular formula is C17H22FN5OS. The Kier molecular flexibility index (Phi) is 4.80. The molecule has 0 aliphatic carbocycles. The second-order valence-electron chi connectivity index (χ2n) is 6.68. The highest BCUT2D eigenvalue weighted by molar-refractivity contribution is 7.80. The topological polar surface area (TPSA) is 53.0 Å². The summed E-state index contributed by atoms with van der Waals surface area (Å²) in [6, 6.07) is 1.89. The molecule has 8 heteroatoms. The minimum absolute atomic E-state index is 0.177. The van der Waals surface area contributed by atoms with E-state index in [1.807, 2.05) is 0 Å². The predicted molar refractivity (Wildman–Crippen MR) is 97.4 cm³/mol. The van der Waals surface area contributed by atoms with E-state index < -0.39 is 5.82 Å². The number of hydrogen-bond acceptors (Lipinski definition) is 5. The van der Waals surface area contributed by atoms with Crippen LogP contribution in [0.15, 0.2) is 17.4 Å². The van der Waals surface area contributed by atoms with E-state index in [4.69, 9.17) is 17.0 Å². The van der Waals surface area contributed by atoms with Gasteiger partial charge in [0.15, 0.2) is 16.7 Å². The molecule has 1 aromatic heterocycles. The molecule has 0 aromatic carbocycles. The molecule has 0 radical (unpaired) electrons. The lowest BCUT2D eigenvalue weighted by molar-refractivity contribution is 0.0799. The van der Waals surface area contributed by atoms with Crippen LogP contribution in [0.4, 0.5) is 4.39 Å². The number of nitrogens with zero attached hydrogens (tertiary/aromatic N) is 4. The Labute approximate surface area is 152 Å².